The molecule has 0 radical (unpaired) electrons. The number of alkyl halides is 3. The van der Waals surface area contributed by atoms with Crippen LogP contribution in [-0.2, 0) is 9.53 Å². The van der Waals surface area contributed by atoms with E-state index in [0.717, 1.165) is 22.8 Å². The molecule has 24 heavy (non-hydrogen) atoms. The van der Waals surface area contributed by atoms with Crippen LogP contribution in [-0.4, -0.2) is 43.6 Å². The normalized spacial score (nSPS) is 14.5. The lowest BCUT2D eigenvalue weighted by Crippen LogP contribution is -2.36. The Bertz CT molecular complexity index is 596. The van der Waals surface area contributed by atoms with Crippen molar-refractivity contribution in [3.8, 4) is 0 Å². The minimum atomic E-state index is -4.57. The number of alkyl carbamates (subject to hydrolysis) is 1. The zero-order chi connectivity index (χ0) is 17.6. The molecule has 1 aliphatic rings. The van der Waals surface area contributed by atoms with Crippen molar-refractivity contribution >= 4 is 29.4 Å². The van der Waals surface area contributed by atoms with Crippen LogP contribution in [0, 0.1) is 0 Å². The van der Waals surface area contributed by atoms with Gasteiger partial charge >= 0.3 is 12.3 Å². The molecule has 2 amide bonds. The summed E-state index contributed by atoms with van der Waals surface area (Å²) in [4.78, 5) is 26.2. The zero-order valence-electron chi connectivity index (χ0n) is 12.8. The number of thioether (sulfide) groups is 1. The van der Waals surface area contributed by atoms with Gasteiger partial charge in [-0.05, 0) is 24.3 Å². The fourth-order valence-electron chi connectivity index (χ4n) is 2.19. The second-order valence-electron chi connectivity index (χ2n) is 5.08. The molecule has 132 valence electrons. The van der Waals surface area contributed by atoms with Crippen molar-refractivity contribution in [3.05, 3.63) is 24.3 Å². The Morgan fingerprint density at radius 3 is 2.79 bits per heavy atom. The first kappa shape index (κ1) is 18.4. The van der Waals surface area contributed by atoms with Crippen LogP contribution in [0.5, 0.6) is 0 Å². The SMILES string of the molecule is O=C(NCCC(=O)N1CCCSc2ccccc21)OCC(F)(F)F. The van der Waals surface area contributed by atoms with Gasteiger partial charge in [0.25, 0.3) is 0 Å². The van der Waals surface area contributed by atoms with Gasteiger partial charge in [-0.3, -0.25) is 4.79 Å². The van der Waals surface area contributed by atoms with Crippen molar-refractivity contribution in [2.24, 2.45) is 0 Å². The largest absolute Gasteiger partial charge is 0.440 e. The summed E-state index contributed by atoms with van der Waals surface area (Å²) in [6, 6.07) is 7.55. The van der Waals surface area contributed by atoms with Crippen LogP contribution in [0.1, 0.15) is 12.8 Å². The summed E-state index contributed by atoms with van der Waals surface area (Å²) in [5.74, 6) is 0.712. The smallest absolute Gasteiger partial charge is 0.422 e. The van der Waals surface area contributed by atoms with Gasteiger partial charge in [-0.2, -0.15) is 13.2 Å². The maximum atomic E-state index is 12.4. The lowest BCUT2D eigenvalue weighted by Gasteiger charge is -2.22. The van der Waals surface area contributed by atoms with Gasteiger partial charge in [-0.1, -0.05) is 12.1 Å². The molecule has 9 heteroatoms. The van der Waals surface area contributed by atoms with Gasteiger partial charge in [-0.25, -0.2) is 4.79 Å². The first-order valence-electron chi connectivity index (χ1n) is 7.36. The molecule has 1 heterocycles. The Hall–Kier alpha value is -1.90. The first-order chi connectivity index (χ1) is 11.4. The average Bonchev–Trinajstić information content (AvgIpc) is 2.74. The quantitative estimate of drug-likeness (QED) is 0.894. The summed E-state index contributed by atoms with van der Waals surface area (Å²) >= 11 is 1.68. The fraction of sp³-hybridized carbons (Fsp3) is 0.467. The molecule has 0 bridgehead atoms. The molecule has 1 aromatic carbocycles. The predicted molar refractivity (Wildman–Crippen MR) is 84.2 cm³/mol. The number of carbonyl (C=O) groups excluding carboxylic acids is 2. The second kappa shape index (κ2) is 8.27. The van der Waals surface area contributed by atoms with Crippen LogP contribution in [0.15, 0.2) is 29.2 Å². The van der Waals surface area contributed by atoms with E-state index in [-0.39, 0.29) is 18.9 Å². The van der Waals surface area contributed by atoms with E-state index >= 15 is 0 Å². The second-order valence-corrected chi connectivity index (χ2v) is 6.22. The summed E-state index contributed by atoms with van der Waals surface area (Å²) in [5, 5.41) is 2.15. The summed E-state index contributed by atoms with van der Waals surface area (Å²) in [5.41, 5.74) is 0.824. The van der Waals surface area contributed by atoms with E-state index in [1.54, 1.807) is 16.7 Å². The van der Waals surface area contributed by atoms with Crippen molar-refractivity contribution in [2.75, 3.05) is 30.3 Å². The molecule has 0 saturated carbocycles. The molecular formula is C15H17F3N2O3S. The van der Waals surface area contributed by atoms with Crippen LogP contribution in [0.4, 0.5) is 23.7 Å². The van der Waals surface area contributed by atoms with Crippen molar-refractivity contribution in [1.82, 2.24) is 5.32 Å². The maximum absolute atomic E-state index is 12.4. The maximum Gasteiger partial charge on any atom is 0.422 e. The summed E-state index contributed by atoms with van der Waals surface area (Å²) in [7, 11) is 0. The van der Waals surface area contributed by atoms with E-state index in [1.807, 2.05) is 24.3 Å². The van der Waals surface area contributed by atoms with Gasteiger partial charge in [0.2, 0.25) is 5.91 Å². The molecule has 0 aromatic heterocycles. The molecule has 0 unspecified atom stereocenters. The minimum absolute atomic E-state index is 0.0138. The molecule has 1 aliphatic heterocycles. The Kier molecular flexibility index (Phi) is 6.36. The standard InChI is InChI=1S/C15H17F3N2O3S/c16-15(17,18)10-23-14(22)19-7-6-13(21)20-8-3-9-24-12-5-2-1-4-11(12)20/h1-2,4-5H,3,6-10H2,(H,19,22). The van der Waals surface area contributed by atoms with Crippen molar-refractivity contribution in [3.63, 3.8) is 0 Å². The van der Waals surface area contributed by atoms with E-state index in [4.69, 9.17) is 0 Å². The van der Waals surface area contributed by atoms with E-state index in [9.17, 15) is 22.8 Å². The van der Waals surface area contributed by atoms with Crippen LogP contribution < -0.4 is 10.2 Å². The van der Waals surface area contributed by atoms with Crippen molar-refractivity contribution in [2.45, 2.75) is 23.9 Å². The molecule has 5 nitrogen and oxygen atoms in total. The number of nitrogens with one attached hydrogen (secondary N) is 1. The summed E-state index contributed by atoms with van der Waals surface area (Å²) in [6.07, 6.45) is -4.93. The number of hydrogen-bond acceptors (Lipinski definition) is 4. The van der Waals surface area contributed by atoms with Crippen LogP contribution >= 0.6 is 11.8 Å². The highest BCUT2D eigenvalue weighted by atomic mass is 32.2. The number of hydrogen-bond donors (Lipinski definition) is 1. The summed E-state index contributed by atoms with van der Waals surface area (Å²) in [6.45, 7) is -1.16. The Balaban J connectivity index is 1.83. The lowest BCUT2D eigenvalue weighted by atomic mass is 10.2. The highest BCUT2D eigenvalue weighted by Gasteiger charge is 2.29. The van der Waals surface area contributed by atoms with Crippen molar-refractivity contribution < 1.29 is 27.5 Å². The van der Waals surface area contributed by atoms with Gasteiger partial charge in [0.1, 0.15) is 0 Å². The average molecular weight is 362 g/mol. The number of halogens is 3. The fourth-order valence-corrected chi connectivity index (χ4v) is 3.19. The number of ether oxygens (including phenoxy) is 1. The van der Waals surface area contributed by atoms with E-state index in [0.29, 0.717) is 6.54 Å². The number of para-hydroxylation sites is 1. The van der Waals surface area contributed by atoms with E-state index in [2.05, 4.69) is 10.1 Å². The first-order valence-corrected chi connectivity index (χ1v) is 8.35. The van der Waals surface area contributed by atoms with E-state index < -0.39 is 18.9 Å². The third kappa shape index (κ3) is 5.63. The Morgan fingerprint density at radius 2 is 2.04 bits per heavy atom. The Morgan fingerprint density at radius 1 is 1.29 bits per heavy atom. The molecule has 2 rings (SSSR count). The number of rotatable bonds is 4. The van der Waals surface area contributed by atoms with Gasteiger partial charge in [0.15, 0.2) is 6.61 Å². The number of carbonyl (C=O) groups is 2. The molecule has 0 fully saturated rings. The van der Waals surface area contributed by atoms with Crippen LogP contribution in [0.2, 0.25) is 0 Å². The monoisotopic (exact) mass is 362 g/mol. The third-order valence-corrected chi connectivity index (χ3v) is 4.36. The van der Waals surface area contributed by atoms with Crippen LogP contribution in [0.25, 0.3) is 0 Å². The van der Waals surface area contributed by atoms with Gasteiger partial charge < -0.3 is 15.0 Å². The number of anilines is 1. The topological polar surface area (TPSA) is 58.6 Å². The lowest BCUT2D eigenvalue weighted by molar-refractivity contribution is -0.160. The van der Waals surface area contributed by atoms with E-state index in [1.165, 1.54) is 0 Å². The highest BCUT2D eigenvalue weighted by molar-refractivity contribution is 7.99. The van der Waals surface area contributed by atoms with Gasteiger partial charge in [0, 0.05) is 24.4 Å². The zero-order valence-corrected chi connectivity index (χ0v) is 13.6. The molecule has 0 atom stereocenters. The van der Waals surface area contributed by atoms with Crippen LogP contribution in [0.3, 0.4) is 0 Å². The number of amides is 2. The third-order valence-electron chi connectivity index (χ3n) is 3.22. The molecular weight excluding hydrogens is 345 g/mol. The molecule has 0 saturated heterocycles. The minimum Gasteiger partial charge on any atom is -0.440 e. The highest BCUT2D eigenvalue weighted by Crippen LogP contribution is 2.33. The number of benzene rings is 1. The van der Waals surface area contributed by atoms with Crippen molar-refractivity contribution in [1.29, 1.82) is 0 Å². The summed E-state index contributed by atoms with van der Waals surface area (Å²) < 4.78 is 39.8. The molecule has 0 aliphatic carbocycles. The predicted octanol–water partition coefficient (Wildman–Crippen LogP) is 3.19. The molecule has 1 N–H and O–H groups in total. The van der Waals surface area contributed by atoms with Gasteiger partial charge in [-0.15, -0.1) is 11.8 Å². The Labute approximate surface area is 141 Å². The number of nitrogens with zero attached hydrogens (tertiary/aromatic N) is 1. The molecule has 0 spiro atoms. The molecule has 1 aromatic rings. The number of fused-ring (bicyclic) bond motifs is 1. The van der Waals surface area contributed by atoms with Gasteiger partial charge in [0.05, 0.1) is 5.69 Å².